The molecule has 6 heteroatoms. The molecular formula is C20H26N4O2. The lowest BCUT2D eigenvalue weighted by molar-refractivity contribution is -0.126. The molecule has 1 aliphatic rings. The maximum atomic E-state index is 12.7. The molecular weight excluding hydrogens is 328 g/mol. The van der Waals surface area contributed by atoms with E-state index >= 15 is 0 Å². The second-order valence-electron chi connectivity index (χ2n) is 6.88. The minimum atomic E-state index is -0.0116. The molecule has 1 aliphatic heterocycles. The average molecular weight is 354 g/mol. The minimum Gasteiger partial charge on any atom is -0.356 e. The summed E-state index contributed by atoms with van der Waals surface area (Å²) in [6.45, 7) is 3.72. The second kappa shape index (κ2) is 8.17. The van der Waals surface area contributed by atoms with Crippen molar-refractivity contribution in [1.82, 2.24) is 19.8 Å². The number of rotatable bonds is 5. The Hall–Kier alpha value is -2.63. The molecule has 1 aromatic heterocycles. The van der Waals surface area contributed by atoms with Crippen molar-refractivity contribution in [3.8, 4) is 0 Å². The number of nitrogens with one attached hydrogen (secondary N) is 1. The van der Waals surface area contributed by atoms with Crippen molar-refractivity contribution < 1.29 is 9.59 Å². The number of carbonyl (C=O) groups is 2. The first kappa shape index (κ1) is 18.2. The van der Waals surface area contributed by atoms with E-state index in [1.807, 2.05) is 37.1 Å². The van der Waals surface area contributed by atoms with Crippen molar-refractivity contribution in [3.05, 3.63) is 53.6 Å². The van der Waals surface area contributed by atoms with Crippen molar-refractivity contribution >= 4 is 11.8 Å². The summed E-state index contributed by atoms with van der Waals surface area (Å²) in [6.07, 6.45) is 3.92. The molecule has 0 saturated carbocycles. The van der Waals surface area contributed by atoms with Gasteiger partial charge in [0, 0.05) is 32.6 Å². The minimum absolute atomic E-state index is 0.00503. The molecule has 0 radical (unpaired) electrons. The van der Waals surface area contributed by atoms with E-state index in [1.165, 1.54) is 5.56 Å². The van der Waals surface area contributed by atoms with E-state index < -0.39 is 0 Å². The van der Waals surface area contributed by atoms with Crippen LogP contribution in [0.1, 0.15) is 34.6 Å². The largest absolute Gasteiger partial charge is 0.356 e. The normalized spacial score (nSPS) is 15.1. The molecule has 1 aromatic carbocycles. The van der Waals surface area contributed by atoms with Gasteiger partial charge in [-0.05, 0) is 31.7 Å². The van der Waals surface area contributed by atoms with E-state index in [9.17, 15) is 9.59 Å². The Balaban J connectivity index is 1.46. The number of benzene rings is 1. The van der Waals surface area contributed by atoms with Gasteiger partial charge in [-0.15, -0.1) is 0 Å². The molecule has 1 saturated heterocycles. The Labute approximate surface area is 154 Å². The van der Waals surface area contributed by atoms with Crippen LogP contribution >= 0.6 is 0 Å². The molecule has 0 atom stereocenters. The van der Waals surface area contributed by atoms with Gasteiger partial charge >= 0.3 is 0 Å². The van der Waals surface area contributed by atoms with Crippen LogP contribution < -0.4 is 5.32 Å². The molecule has 0 unspecified atom stereocenters. The lowest BCUT2D eigenvalue weighted by atomic mass is 9.95. The molecule has 0 spiro atoms. The standard InChI is InChI=1S/C20H26N4O2/c1-15-18(23(2)14-22-15)20(26)24-12-9-17(10-13-24)19(25)21-11-8-16-6-4-3-5-7-16/h3-7,14,17H,8-13H2,1-2H3,(H,21,25). The third-order valence-electron chi connectivity index (χ3n) is 5.03. The number of carbonyl (C=O) groups excluding carboxylic acids is 2. The van der Waals surface area contributed by atoms with Crippen LogP contribution in [0.25, 0.3) is 0 Å². The van der Waals surface area contributed by atoms with Crippen molar-refractivity contribution in [3.63, 3.8) is 0 Å². The first-order chi connectivity index (χ1) is 12.6. The Kier molecular flexibility index (Phi) is 5.71. The van der Waals surface area contributed by atoms with Gasteiger partial charge in [-0.3, -0.25) is 9.59 Å². The topological polar surface area (TPSA) is 67.2 Å². The zero-order valence-electron chi connectivity index (χ0n) is 15.4. The summed E-state index contributed by atoms with van der Waals surface area (Å²) in [7, 11) is 1.83. The summed E-state index contributed by atoms with van der Waals surface area (Å²) < 4.78 is 1.76. The smallest absolute Gasteiger partial charge is 0.272 e. The molecule has 0 bridgehead atoms. The molecule has 1 N–H and O–H groups in total. The van der Waals surface area contributed by atoms with E-state index in [0.717, 1.165) is 12.1 Å². The Morgan fingerprint density at radius 2 is 1.88 bits per heavy atom. The predicted octanol–water partition coefficient (Wildman–Crippen LogP) is 1.94. The summed E-state index contributed by atoms with van der Waals surface area (Å²) in [5.41, 5.74) is 2.61. The summed E-state index contributed by atoms with van der Waals surface area (Å²) >= 11 is 0. The van der Waals surface area contributed by atoms with Crippen LogP contribution in [-0.4, -0.2) is 45.9 Å². The van der Waals surface area contributed by atoms with Gasteiger partial charge in [-0.25, -0.2) is 4.98 Å². The fraction of sp³-hybridized carbons (Fsp3) is 0.450. The van der Waals surface area contributed by atoms with E-state index in [4.69, 9.17) is 0 Å². The van der Waals surface area contributed by atoms with Gasteiger partial charge in [0.25, 0.3) is 5.91 Å². The zero-order chi connectivity index (χ0) is 18.5. The van der Waals surface area contributed by atoms with Gasteiger partial charge in [0.05, 0.1) is 12.0 Å². The number of piperidine rings is 1. The Morgan fingerprint density at radius 3 is 2.50 bits per heavy atom. The predicted molar refractivity (Wildman–Crippen MR) is 99.7 cm³/mol. The SMILES string of the molecule is Cc1ncn(C)c1C(=O)N1CCC(C(=O)NCCc2ccccc2)CC1. The number of aryl methyl sites for hydroxylation is 2. The summed E-state index contributed by atoms with van der Waals surface area (Å²) in [5, 5.41) is 3.03. The van der Waals surface area contributed by atoms with Crippen LogP contribution in [0.4, 0.5) is 0 Å². The molecule has 0 aliphatic carbocycles. The molecule has 6 nitrogen and oxygen atoms in total. The average Bonchev–Trinajstić information content (AvgIpc) is 3.00. The number of likely N-dealkylation sites (tertiary alicyclic amines) is 1. The lowest BCUT2D eigenvalue weighted by Crippen LogP contribution is -2.43. The molecule has 138 valence electrons. The van der Waals surface area contributed by atoms with Crippen molar-refractivity contribution in [2.75, 3.05) is 19.6 Å². The van der Waals surface area contributed by atoms with Crippen LogP contribution in [0.3, 0.4) is 0 Å². The second-order valence-corrected chi connectivity index (χ2v) is 6.88. The highest BCUT2D eigenvalue weighted by molar-refractivity contribution is 5.94. The molecule has 2 aromatic rings. The van der Waals surface area contributed by atoms with Crippen LogP contribution in [0.2, 0.25) is 0 Å². The van der Waals surface area contributed by atoms with Crippen molar-refractivity contribution in [2.24, 2.45) is 13.0 Å². The summed E-state index contributed by atoms with van der Waals surface area (Å²) in [5.74, 6) is 0.0950. The first-order valence-corrected chi connectivity index (χ1v) is 9.15. The number of hydrogen-bond acceptors (Lipinski definition) is 3. The fourth-order valence-electron chi connectivity index (χ4n) is 3.47. The molecule has 1 fully saturated rings. The van der Waals surface area contributed by atoms with E-state index in [1.54, 1.807) is 10.9 Å². The van der Waals surface area contributed by atoms with Gasteiger partial charge < -0.3 is 14.8 Å². The van der Waals surface area contributed by atoms with E-state index in [0.29, 0.717) is 38.2 Å². The molecule has 2 amide bonds. The van der Waals surface area contributed by atoms with Crippen molar-refractivity contribution in [2.45, 2.75) is 26.2 Å². The number of hydrogen-bond donors (Lipinski definition) is 1. The van der Waals surface area contributed by atoms with Crippen LogP contribution in [-0.2, 0) is 18.3 Å². The zero-order valence-corrected chi connectivity index (χ0v) is 15.4. The van der Waals surface area contributed by atoms with E-state index in [2.05, 4.69) is 22.4 Å². The van der Waals surface area contributed by atoms with Crippen molar-refractivity contribution in [1.29, 1.82) is 0 Å². The third-order valence-corrected chi connectivity index (χ3v) is 5.03. The summed E-state index contributed by atoms with van der Waals surface area (Å²) in [4.78, 5) is 31.1. The number of amides is 2. The van der Waals surface area contributed by atoms with Crippen LogP contribution in [0.5, 0.6) is 0 Å². The van der Waals surface area contributed by atoms with Gasteiger partial charge in [-0.1, -0.05) is 30.3 Å². The molecule has 2 heterocycles. The van der Waals surface area contributed by atoms with Gasteiger partial charge in [0.2, 0.25) is 5.91 Å². The monoisotopic (exact) mass is 354 g/mol. The number of imidazole rings is 1. The maximum Gasteiger partial charge on any atom is 0.272 e. The highest BCUT2D eigenvalue weighted by Crippen LogP contribution is 2.20. The Bertz CT molecular complexity index is 742. The Morgan fingerprint density at radius 1 is 1.19 bits per heavy atom. The van der Waals surface area contributed by atoms with Gasteiger partial charge in [0.1, 0.15) is 5.69 Å². The van der Waals surface area contributed by atoms with Crippen LogP contribution in [0, 0.1) is 12.8 Å². The van der Waals surface area contributed by atoms with Gasteiger partial charge in [-0.2, -0.15) is 0 Å². The van der Waals surface area contributed by atoms with Gasteiger partial charge in [0.15, 0.2) is 0 Å². The quantitative estimate of drug-likeness (QED) is 0.892. The highest BCUT2D eigenvalue weighted by Gasteiger charge is 2.29. The first-order valence-electron chi connectivity index (χ1n) is 9.15. The van der Waals surface area contributed by atoms with Crippen LogP contribution in [0.15, 0.2) is 36.7 Å². The number of aromatic nitrogens is 2. The number of nitrogens with zero attached hydrogens (tertiary/aromatic N) is 3. The molecule has 3 rings (SSSR count). The van der Waals surface area contributed by atoms with E-state index in [-0.39, 0.29) is 17.7 Å². The fourth-order valence-corrected chi connectivity index (χ4v) is 3.47. The molecule has 26 heavy (non-hydrogen) atoms. The summed E-state index contributed by atoms with van der Waals surface area (Å²) in [6, 6.07) is 10.1. The lowest BCUT2D eigenvalue weighted by Gasteiger charge is -2.31. The highest BCUT2D eigenvalue weighted by atomic mass is 16.2. The maximum absolute atomic E-state index is 12.7. The third kappa shape index (κ3) is 4.12.